The number of morpholine rings is 1. The van der Waals surface area contributed by atoms with Crippen LogP contribution < -0.4 is 24.8 Å². The second-order valence-electron chi connectivity index (χ2n) is 10.6. The van der Waals surface area contributed by atoms with E-state index in [2.05, 4.69) is 35.9 Å². The Labute approximate surface area is 227 Å². The van der Waals surface area contributed by atoms with Crippen LogP contribution in [0.4, 0.5) is 11.4 Å². The number of nitrogen functional groups attached to an aromatic ring is 1. The molecule has 204 valence electrons. The highest BCUT2D eigenvalue weighted by atomic mass is 16.5. The van der Waals surface area contributed by atoms with Crippen LogP contribution in [-0.2, 0) is 23.3 Å². The molecular weight excluding hydrogens is 496 g/mol. The van der Waals surface area contributed by atoms with Crippen molar-refractivity contribution < 1.29 is 23.7 Å². The summed E-state index contributed by atoms with van der Waals surface area (Å²) in [6, 6.07) is 15.3. The van der Waals surface area contributed by atoms with Gasteiger partial charge in [0.1, 0.15) is 18.0 Å². The van der Waals surface area contributed by atoms with Crippen molar-refractivity contribution in [2.24, 2.45) is 0 Å². The number of fused-ring (bicyclic) bond motifs is 1. The van der Waals surface area contributed by atoms with Gasteiger partial charge in [0.15, 0.2) is 6.54 Å². The number of hydrogen-bond donors (Lipinski definition) is 1. The molecular formula is C29H35N6O4+. The van der Waals surface area contributed by atoms with Crippen molar-refractivity contribution in [1.29, 1.82) is 0 Å². The van der Waals surface area contributed by atoms with Gasteiger partial charge in [0, 0.05) is 30.3 Å². The van der Waals surface area contributed by atoms with Crippen LogP contribution >= 0.6 is 0 Å². The Morgan fingerprint density at radius 2 is 1.87 bits per heavy atom. The lowest BCUT2D eigenvalue weighted by Gasteiger charge is -2.33. The van der Waals surface area contributed by atoms with Crippen LogP contribution in [0.2, 0.25) is 0 Å². The summed E-state index contributed by atoms with van der Waals surface area (Å²) in [6.07, 6.45) is 1.53. The van der Waals surface area contributed by atoms with Crippen molar-refractivity contribution in [1.82, 2.24) is 14.7 Å². The Hall–Kier alpha value is -4.18. The molecule has 3 heterocycles. The number of benzene rings is 2. The number of nitrogens with zero attached hydrogens (tertiary/aromatic N) is 5. The van der Waals surface area contributed by atoms with Crippen molar-refractivity contribution in [3.05, 3.63) is 71.5 Å². The van der Waals surface area contributed by atoms with Gasteiger partial charge in [-0.25, -0.2) is 0 Å². The lowest BCUT2D eigenvalue weighted by atomic mass is 9.84. The monoisotopic (exact) mass is 531 g/mol. The molecule has 0 atom stereocenters. The van der Waals surface area contributed by atoms with Crippen molar-refractivity contribution in [2.45, 2.75) is 39.3 Å². The van der Waals surface area contributed by atoms with Crippen LogP contribution in [0.5, 0.6) is 11.6 Å². The predicted octanol–water partition coefficient (Wildman–Crippen LogP) is 3.20. The fraction of sp³-hybridized carbons (Fsp3) is 0.379. The molecule has 5 rings (SSSR count). The van der Waals surface area contributed by atoms with E-state index >= 15 is 0 Å². The molecule has 0 unspecified atom stereocenters. The maximum Gasteiger partial charge on any atom is 0.353 e. The molecule has 0 bridgehead atoms. The molecule has 1 saturated heterocycles. The van der Waals surface area contributed by atoms with E-state index in [1.165, 1.54) is 10.8 Å². The van der Waals surface area contributed by atoms with Crippen molar-refractivity contribution in [3.63, 3.8) is 0 Å². The molecule has 1 aliphatic heterocycles. The Bertz CT molecular complexity index is 1470. The lowest BCUT2D eigenvalue weighted by Crippen LogP contribution is -2.41. The summed E-state index contributed by atoms with van der Waals surface area (Å²) in [5, 5.41) is 8.89. The number of rotatable bonds is 8. The number of ketones is 1. The van der Waals surface area contributed by atoms with E-state index in [1.54, 1.807) is 17.9 Å². The zero-order valence-corrected chi connectivity index (χ0v) is 22.9. The molecule has 0 radical (unpaired) electrons. The fourth-order valence-corrected chi connectivity index (χ4v) is 4.76. The standard InChI is InChI=1S/C29H35N6O4/c1-29(2,3)22-14-21(15-24(27(22)37-4)33-10-12-38-13-11-33)25(36)17-34-28-23(30)16-26(32-35(28)19-31-34)39-18-20-8-6-5-7-9-20/h5-9,14-16,19H,10-13,17-18H2,1-4H3,(H2,30,32)/q+1. The number of methoxy groups -OCH3 is 1. The van der Waals surface area contributed by atoms with Crippen molar-refractivity contribution in [3.8, 4) is 11.6 Å². The molecule has 10 heteroatoms. The highest BCUT2D eigenvalue weighted by molar-refractivity contribution is 5.97. The number of ether oxygens (including phenoxy) is 3. The first-order valence-electron chi connectivity index (χ1n) is 13.0. The summed E-state index contributed by atoms with van der Waals surface area (Å²) in [4.78, 5) is 15.9. The summed E-state index contributed by atoms with van der Waals surface area (Å²) in [5.74, 6) is 1.07. The summed E-state index contributed by atoms with van der Waals surface area (Å²) in [7, 11) is 1.68. The van der Waals surface area contributed by atoms with Crippen molar-refractivity contribution >= 4 is 22.8 Å². The highest BCUT2D eigenvalue weighted by Gasteiger charge is 2.28. The Kier molecular flexibility index (Phi) is 7.38. The smallest absolute Gasteiger partial charge is 0.353 e. The van der Waals surface area contributed by atoms with Crippen LogP contribution in [0.15, 0.2) is 54.9 Å². The number of anilines is 2. The second kappa shape index (κ2) is 10.9. The van der Waals surface area contributed by atoms with Gasteiger partial charge >= 0.3 is 5.65 Å². The van der Waals surface area contributed by atoms with E-state index in [1.807, 2.05) is 42.5 Å². The van der Waals surface area contributed by atoms with Gasteiger partial charge in [0.25, 0.3) is 12.2 Å². The highest BCUT2D eigenvalue weighted by Crippen LogP contribution is 2.40. The predicted molar refractivity (Wildman–Crippen MR) is 147 cm³/mol. The van der Waals surface area contributed by atoms with Crippen LogP contribution in [0.3, 0.4) is 0 Å². The van der Waals surface area contributed by atoms with Gasteiger partial charge in [-0.05, 0) is 33.3 Å². The quantitative estimate of drug-likeness (QED) is 0.273. The van der Waals surface area contributed by atoms with Gasteiger partial charge in [-0.3, -0.25) is 4.79 Å². The summed E-state index contributed by atoms with van der Waals surface area (Å²) >= 11 is 0. The van der Waals surface area contributed by atoms with E-state index in [4.69, 9.17) is 19.9 Å². The molecule has 0 spiro atoms. The number of aromatic nitrogens is 4. The zero-order chi connectivity index (χ0) is 27.6. The van der Waals surface area contributed by atoms with Gasteiger partial charge in [-0.1, -0.05) is 55.6 Å². The minimum atomic E-state index is -0.235. The molecule has 1 fully saturated rings. The largest absolute Gasteiger partial charge is 0.494 e. The lowest BCUT2D eigenvalue weighted by molar-refractivity contribution is -0.714. The fourth-order valence-electron chi connectivity index (χ4n) is 4.76. The first-order valence-corrected chi connectivity index (χ1v) is 13.0. The summed E-state index contributed by atoms with van der Waals surface area (Å²) in [5.41, 5.74) is 10.6. The van der Waals surface area contributed by atoms with E-state index in [9.17, 15) is 4.79 Å². The Morgan fingerprint density at radius 1 is 1.13 bits per heavy atom. The SMILES string of the molecule is COc1c(N2CCOCC2)cc(C(=O)C[n+]2ncn3nc(OCc4ccccc4)cc(N)c32)cc1C(C)(C)C. The number of nitrogens with two attached hydrogens (primary N) is 1. The number of hydrogen-bond acceptors (Lipinski definition) is 8. The molecule has 2 aromatic heterocycles. The maximum absolute atomic E-state index is 13.7. The number of Topliss-reactive ketones (excluding diaryl/α,β-unsaturated/α-hetero) is 1. The third kappa shape index (κ3) is 5.65. The second-order valence-corrected chi connectivity index (χ2v) is 10.6. The number of carbonyl (C=O) groups excluding carboxylic acids is 1. The molecule has 2 aromatic carbocycles. The Morgan fingerprint density at radius 3 is 2.56 bits per heavy atom. The molecule has 0 amide bonds. The Balaban J connectivity index is 1.43. The van der Waals surface area contributed by atoms with Gasteiger partial charge in [0.2, 0.25) is 5.78 Å². The average Bonchev–Trinajstić information content (AvgIpc) is 3.34. The van der Waals surface area contributed by atoms with Gasteiger partial charge in [-0.15, -0.1) is 4.68 Å². The van der Waals surface area contributed by atoms with Gasteiger partial charge in [0.05, 0.1) is 26.0 Å². The van der Waals surface area contributed by atoms with Crippen LogP contribution in [0.25, 0.3) is 5.65 Å². The third-order valence-electron chi connectivity index (χ3n) is 6.78. The molecule has 2 N–H and O–H groups in total. The third-order valence-corrected chi connectivity index (χ3v) is 6.78. The molecule has 10 nitrogen and oxygen atoms in total. The van der Waals surface area contributed by atoms with Crippen molar-refractivity contribution in [2.75, 3.05) is 44.0 Å². The van der Waals surface area contributed by atoms with Crippen LogP contribution in [-0.4, -0.2) is 53.9 Å². The first-order chi connectivity index (χ1) is 18.7. The van der Waals surface area contributed by atoms with E-state index < -0.39 is 0 Å². The normalized spacial score (nSPS) is 14.0. The molecule has 4 aromatic rings. The van der Waals surface area contributed by atoms with E-state index in [-0.39, 0.29) is 17.7 Å². The van der Waals surface area contributed by atoms with E-state index in [0.717, 1.165) is 35.7 Å². The minimum absolute atomic E-state index is 0.00502. The molecule has 39 heavy (non-hydrogen) atoms. The van der Waals surface area contributed by atoms with Gasteiger partial charge < -0.3 is 24.8 Å². The van der Waals surface area contributed by atoms with E-state index in [0.29, 0.717) is 42.6 Å². The van der Waals surface area contributed by atoms with Crippen LogP contribution in [0, 0.1) is 0 Å². The molecule has 0 aliphatic carbocycles. The average molecular weight is 532 g/mol. The maximum atomic E-state index is 13.7. The topological polar surface area (TPSA) is 108 Å². The van der Waals surface area contributed by atoms with Crippen LogP contribution in [0.1, 0.15) is 42.3 Å². The zero-order valence-electron chi connectivity index (χ0n) is 22.9. The molecule has 1 aliphatic rings. The van der Waals surface area contributed by atoms with Gasteiger partial charge in [-0.2, -0.15) is 0 Å². The summed E-state index contributed by atoms with van der Waals surface area (Å²) in [6.45, 7) is 9.44. The minimum Gasteiger partial charge on any atom is -0.494 e. The number of carbonyl (C=O) groups is 1. The molecule has 0 saturated carbocycles. The summed E-state index contributed by atoms with van der Waals surface area (Å²) < 4.78 is 20.4. The first kappa shape index (κ1) is 26.4.